The summed E-state index contributed by atoms with van der Waals surface area (Å²) in [7, 11) is 0. The third-order valence-corrected chi connectivity index (χ3v) is 5.89. The first-order chi connectivity index (χ1) is 12.6. The minimum atomic E-state index is -0.299. The summed E-state index contributed by atoms with van der Waals surface area (Å²) in [5, 5.41) is 0. The van der Waals surface area contributed by atoms with Gasteiger partial charge in [0.1, 0.15) is 0 Å². The second kappa shape index (κ2) is 6.67. The number of carbonyl (C=O) groups is 2. The first-order valence-corrected chi connectivity index (χ1v) is 9.68. The van der Waals surface area contributed by atoms with Crippen LogP contribution < -0.4 is 4.90 Å². The molecule has 5 heteroatoms. The van der Waals surface area contributed by atoms with E-state index in [1.807, 2.05) is 61.5 Å². The Kier molecular flexibility index (Phi) is 4.34. The zero-order valence-electron chi connectivity index (χ0n) is 13.9. The fourth-order valence-electron chi connectivity index (χ4n) is 3.07. The minimum Gasteiger partial charge on any atom is -0.268 e. The van der Waals surface area contributed by atoms with E-state index in [0.29, 0.717) is 22.4 Å². The van der Waals surface area contributed by atoms with Gasteiger partial charge in [-0.2, -0.15) is 0 Å². The third kappa shape index (κ3) is 2.83. The standard InChI is InChI=1S/C21H14BrNO2S/c1-13-6-2-5-9-18(13)23-20(24)16-8-4-3-7-15(16)17(21(23)25)12-14-10-11-19(22)26-14/h2-12H,1H3/b17-12+. The molecule has 0 bridgehead atoms. The van der Waals surface area contributed by atoms with Gasteiger partial charge in [0.25, 0.3) is 11.8 Å². The molecule has 3 nitrogen and oxygen atoms in total. The molecule has 0 N–H and O–H groups in total. The Morgan fingerprint density at radius 1 is 0.885 bits per heavy atom. The molecule has 0 saturated heterocycles. The van der Waals surface area contributed by atoms with Crippen LogP contribution in [0.15, 0.2) is 64.5 Å². The lowest BCUT2D eigenvalue weighted by Crippen LogP contribution is -2.42. The van der Waals surface area contributed by atoms with Crippen molar-refractivity contribution in [3.63, 3.8) is 0 Å². The summed E-state index contributed by atoms with van der Waals surface area (Å²) in [6, 6.07) is 18.6. The lowest BCUT2D eigenvalue weighted by Gasteiger charge is -2.29. The van der Waals surface area contributed by atoms with Gasteiger partial charge < -0.3 is 0 Å². The van der Waals surface area contributed by atoms with E-state index in [0.717, 1.165) is 14.2 Å². The van der Waals surface area contributed by atoms with E-state index in [9.17, 15) is 9.59 Å². The van der Waals surface area contributed by atoms with Crippen molar-refractivity contribution < 1.29 is 9.59 Å². The predicted octanol–water partition coefficient (Wildman–Crippen LogP) is 5.55. The van der Waals surface area contributed by atoms with Gasteiger partial charge in [-0.15, -0.1) is 11.3 Å². The number of benzene rings is 2. The first kappa shape index (κ1) is 16.9. The Balaban J connectivity index is 1.93. The molecule has 2 amide bonds. The van der Waals surface area contributed by atoms with Crippen molar-refractivity contribution in [3.8, 4) is 0 Å². The summed E-state index contributed by atoms with van der Waals surface area (Å²) in [6.45, 7) is 1.90. The molecule has 2 aromatic carbocycles. The summed E-state index contributed by atoms with van der Waals surface area (Å²) < 4.78 is 0.993. The fraction of sp³-hybridized carbons (Fsp3) is 0.0476. The lowest BCUT2D eigenvalue weighted by molar-refractivity contribution is -0.112. The number of fused-ring (bicyclic) bond motifs is 1. The lowest BCUT2D eigenvalue weighted by atomic mass is 9.92. The summed E-state index contributed by atoms with van der Waals surface area (Å²) in [5.74, 6) is -0.586. The molecule has 0 spiro atoms. The molecule has 0 aliphatic carbocycles. The second-order valence-electron chi connectivity index (χ2n) is 5.98. The van der Waals surface area contributed by atoms with Gasteiger partial charge in [0, 0.05) is 21.6 Å². The number of para-hydroxylation sites is 1. The van der Waals surface area contributed by atoms with Crippen LogP contribution in [0.25, 0.3) is 11.6 Å². The molecule has 0 saturated carbocycles. The van der Waals surface area contributed by atoms with Gasteiger partial charge in [0.05, 0.1) is 9.47 Å². The number of nitrogens with zero attached hydrogens (tertiary/aromatic N) is 1. The van der Waals surface area contributed by atoms with Crippen molar-refractivity contribution in [1.29, 1.82) is 0 Å². The Bertz CT molecular complexity index is 1070. The average molecular weight is 424 g/mol. The molecule has 0 radical (unpaired) electrons. The molecule has 1 aliphatic heterocycles. The summed E-state index contributed by atoms with van der Waals surface area (Å²) in [6.07, 6.45) is 1.86. The van der Waals surface area contributed by atoms with Gasteiger partial charge in [-0.1, -0.05) is 36.4 Å². The molecular weight excluding hydrogens is 410 g/mol. The molecule has 4 rings (SSSR count). The summed E-state index contributed by atoms with van der Waals surface area (Å²) >= 11 is 4.99. The van der Waals surface area contributed by atoms with Crippen molar-refractivity contribution in [2.45, 2.75) is 6.92 Å². The van der Waals surface area contributed by atoms with Crippen molar-refractivity contribution in [3.05, 3.63) is 86.0 Å². The number of aryl methyl sites for hydroxylation is 1. The number of hydrogen-bond donors (Lipinski definition) is 0. The van der Waals surface area contributed by atoms with Gasteiger partial charge in [-0.25, -0.2) is 4.90 Å². The van der Waals surface area contributed by atoms with Crippen LogP contribution in [0.3, 0.4) is 0 Å². The number of amides is 2. The Morgan fingerprint density at radius 2 is 1.58 bits per heavy atom. The summed E-state index contributed by atoms with van der Waals surface area (Å²) in [5.41, 5.74) is 3.24. The molecule has 0 atom stereocenters. The Hall–Kier alpha value is -2.50. The molecule has 0 fully saturated rings. The van der Waals surface area contributed by atoms with Gasteiger partial charge in [0.2, 0.25) is 0 Å². The van der Waals surface area contributed by atoms with E-state index in [-0.39, 0.29) is 11.8 Å². The third-order valence-electron chi connectivity index (χ3n) is 4.32. The van der Waals surface area contributed by atoms with Crippen molar-refractivity contribution >= 4 is 56.4 Å². The SMILES string of the molecule is Cc1ccccc1N1C(=O)/C(=C/c2ccc(Br)s2)c2ccccc2C1=O. The van der Waals surface area contributed by atoms with Gasteiger partial charge in [-0.3, -0.25) is 9.59 Å². The van der Waals surface area contributed by atoms with E-state index >= 15 is 0 Å². The summed E-state index contributed by atoms with van der Waals surface area (Å²) in [4.78, 5) is 28.6. The van der Waals surface area contributed by atoms with Crippen LogP contribution in [-0.4, -0.2) is 11.8 Å². The quantitative estimate of drug-likeness (QED) is 0.400. The molecule has 1 aliphatic rings. The van der Waals surface area contributed by atoms with E-state index in [2.05, 4.69) is 15.9 Å². The average Bonchev–Trinajstić information content (AvgIpc) is 3.05. The van der Waals surface area contributed by atoms with Gasteiger partial charge in [-0.05, 0) is 58.8 Å². The van der Waals surface area contributed by atoms with Crippen molar-refractivity contribution in [2.75, 3.05) is 4.90 Å². The smallest absolute Gasteiger partial charge is 0.266 e. The van der Waals surface area contributed by atoms with Crippen LogP contribution in [0.1, 0.15) is 26.4 Å². The number of imide groups is 1. The monoisotopic (exact) mass is 423 g/mol. The molecule has 0 unspecified atom stereocenters. The minimum absolute atomic E-state index is 0.288. The van der Waals surface area contributed by atoms with Crippen LogP contribution in [0.4, 0.5) is 5.69 Å². The zero-order chi connectivity index (χ0) is 18.3. The predicted molar refractivity (Wildman–Crippen MR) is 109 cm³/mol. The van der Waals surface area contributed by atoms with Crippen LogP contribution in [0, 0.1) is 6.92 Å². The molecular formula is C21H14BrNO2S. The highest BCUT2D eigenvalue weighted by molar-refractivity contribution is 9.11. The molecule has 3 aromatic rings. The fourth-order valence-corrected chi connectivity index (χ4v) is 4.44. The topological polar surface area (TPSA) is 37.4 Å². The number of anilines is 1. The van der Waals surface area contributed by atoms with Crippen LogP contribution in [0.2, 0.25) is 0 Å². The second-order valence-corrected chi connectivity index (χ2v) is 8.47. The van der Waals surface area contributed by atoms with E-state index in [1.54, 1.807) is 23.5 Å². The molecule has 26 heavy (non-hydrogen) atoms. The first-order valence-electron chi connectivity index (χ1n) is 8.07. The highest BCUT2D eigenvalue weighted by atomic mass is 79.9. The number of hydrogen-bond acceptors (Lipinski definition) is 3. The van der Waals surface area contributed by atoms with Gasteiger partial charge in [0.15, 0.2) is 0 Å². The van der Waals surface area contributed by atoms with E-state index in [1.165, 1.54) is 4.90 Å². The normalized spacial score (nSPS) is 15.5. The zero-order valence-corrected chi connectivity index (χ0v) is 16.3. The van der Waals surface area contributed by atoms with Crippen LogP contribution >= 0.6 is 27.3 Å². The number of rotatable bonds is 2. The van der Waals surface area contributed by atoms with Crippen molar-refractivity contribution in [2.24, 2.45) is 0 Å². The maximum Gasteiger partial charge on any atom is 0.266 e. The van der Waals surface area contributed by atoms with Crippen LogP contribution in [-0.2, 0) is 4.79 Å². The Labute approximate surface area is 163 Å². The van der Waals surface area contributed by atoms with Gasteiger partial charge >= 0.3 is 0 Å². The van der Waals surface area contributed by atoms with Crippen molar-refractivity contribution in [1.82, 2.24) is 0 Å². The highest BCUT2D eigenvalue weighted by Crippen LogP contribution is 2.35. The number of carbonyl (C=O) groups excluding carboxylic acids is 2. The largest absolute Gasteiger partial charge is 0.268 e. The maximum absolute atomic E-state index is 13.3. The van der Waals surface area contributed by atoms with E-state index in [4.69, 9.17) is 0 Å². The van der Waals surface area contributed by atoms with Crippen LogP contribution in [0.5, 0.6) is 0 Å². The number of halogens is 1. The molecule has 128 valence electrons. The number of thiophene rings is 1. The molecule has 2 heterocycles. The molecule has 1 aromatic heterocycles. The maximum atomic E-state index is 13.3. The highest BCUT2D eigenvalue weighted by Gasteiger charge is 2.36. The Morgan fingerprint density at radius 3 is 2.27 bits per heavy atom. The van der Waals surface area contributed by atoms with E-state index < -0.39 is 0 Å².